The van der Waals surface area contributed by atoms with Gasteiger partial charge in [0.05, 0.1) is 0 Å². The van der Waals surface area contributed by atoms with Gasteiger partial charge in [0.25, 0.3) is 0 Å². The number of hydrogen-bond acceptors (Lipinski definition) is 0. The second-order valence-corrected chi connectivity index (χ2v) is 30.8. The van der Waals surface area contributed by atoms with E-state index in [9.17, 15) is 0 Å². The van der Waals surface area contributed by atoms with Crippen LogP contribution in [0.5, 0.6) is 0 Å². The first-order valence-electron chi connectivity index (χ1n) is 39.6. The molecular formula is C112H92. The van der Waals surface area contributed by atoms with Crippen LogP contribution in [0.1, 0.15) is 66.8 Å². The van der Waals surface area contributed by atoms with E-state index in [4.69, 9.17) is 0 Å². The zero-order valence-electron chi connectivity index (χ0n) is 66.3. The summed E-state index contributed by atoms with van der Waals surface area (Å²) in [6.45, 7) is 27.1. The normalized spacial score (nSPS) is 11.4. The Balaban J connectivity index is 0.000000109. The van der Waals surface area contributed by atoms with Crippen molar-refractivity contribution in [3.8, 4) is 66.8 Å². The third kappa shape index (κ3) is 12.5. The number of benzene rings is 20. The smallest absolute Gasteiger partial charge is 0.00201 e. The third-order valence-electron chi connectivity index (χ3n) is 24.9. The molecule has 0 nitrogen and oxygen atoms in total. The summed E-state index contributed by atoms with van der Waals surface area (Å²) in [5.41, 5.74) is 32.7. The van der Waals surface area contributed by atoms with E-state index in [1.807, 2.05) is 0 Å². The lowest BCUT2D eigenvalue weighted by molar-refractivity contribution is 1.18. The topological polar surface area (TPSA) is 0 Å². The van der Waals surface area contributed by atoms with Crippen molar-refractivity contribution in [1.29, 1.82) is 0 Å². The van der Waals surface area contributed by atoms with Crippen LogP contribution in [-0.2, 0) is 0 Å². The minimum atomic E-state index is 1.26. The fraction of sp³-hybridized carbons (Fsp3) is 0.107. The van der Waals surface area contributed by atoms with Gasteiger partial charge in [-0.15, -0.1) is 0 Å². The van der Waals surface area contributed by atoms with Crippen LogP contribution in [0.4, 0.5) is 0 Å². The lowest BCUT2D eigenvalue weighted by Crippen LogP contribution is -2.01. The van der Waals surface area contributed by atoms with Gasteiger partial charge in [-0.05, 0) is 336 Å². The highest BCUT2D eigenvalue weighted by molar-refractivity contribution is 6.25. The molecule has 112 heavy (non-hydrogen) atoms. The first-order valence-corrected chi connectivity index (χ1v) is 39.6. The molecular weight excluding hydrogens is 1350 g/mol. The Morgan fingerprint density at radius 1 is 0.125 bits per heavy atom. The molecule has 0 N–H and O–H groups in total. The highest BCUT2D eigenvalue weighted by atomic mass is 14.3. The van der Waals surface area contributed by atoms with Gasteiger partial charge in [-0.2, -0.15) is 0 Å². The summed E-state index contributed by atoms with van der Waals surface area (Å²) in [5.74, 6) is 0. The van der Waals surface area contributed by atoms with Gasteiger partial charge in [0.1, 0.15) is 0 Å². The number of fused-ring (bicyclic) bond motifs is 10. The summed E-state index contributed by atoms with van der Waals surface area (Å²) in [4.78, 5) is 0. The van der Waals surface area contributed by atoms with Crippen LogP contribution in [0.3, 0.4) is 0 Å². The van der Waals surface area contributed by atoms with Crippen LogP contribution in [-0.4, -0.2) is 0 Å². The van der Waals surface area contributed by atoms with Crippen LogP contribution < -0.4 is 0 Å². The predicted octanol–water partition coefficient (Wildman–Crippen LogP) is 32.0. The van der Waals surface area contributed by atoms with Crippen molar-refractivity contribution >= 4 is 108 Å². The Morgan fingerprint density at radius 2 is 0.321 bits per heavy atom. The largest absolute Gasteiger partial charge is 0.0622 e. The van der Waals surface area contributed by atoms with Crippen LogP contribution in [0.15, 0.2) is 340 Å². The maximum Gasteiger partial charge on any atom is -0.00201 e. The molecule has 0 radical (unpaired) electrons. The zero-order chi connectivity index (χ0) is 77.0. The van der Waals surface area contributed by atoms with E-state index in [2.05, 4.69) is 423 Å². The average Bonchev–Trinajstić information content (AvgIpc) is 0.736. The van der Waals surface area contributed by atoms with Crippen molar-refractivity contribution in [3.05, 3.63) is 406 Å². The second kappa shape index (κ2) is 30.1. The molecule has 0 bridgehead atoms. The molecule has 20 aromatic carbocycles. The molecule has 0 unspecified atom stereocenters. The minimum absolute atomic E-state index is 1.26. The molecule has 20 aromatic rings. The summed E-state index contributed by atoms with van der Waals surface area (Å²) in [6, 6.07) is 123. The molecule has 0 atom stereocenters. The first-order chi connectivity index (χ1) is 54.7. The average molecular weight is 1440 g/mol. The number of aryl methyl sites for hydroxylation is 2. The van der Waals surface area contributed by atoms with Crippen LogP contribution in [0.2, 0.25) is 0 Å². The van der Waals surface area contributed by atoms with Crippen molar-refractivity contribution in [3.63, 3.8) is 0 Å². The molecule has 0 aliphatic rings. The van der Waals surface area contributed by atoms with Gasteiger partial charge in [0.2, 0.25) is 0 Å². The van der Waals surface area contributed by atoms with E-state index in [1.54, 1.807) is 0 Å². The quantitative estimate of drug-likeness (QED) is 0.146. The molecule has 0 aliphatic carbocycles. The van der Waals surface area contributed by atoms with Gasteiger partial charge < -0.3 is 0 Å². The molecule has 0 saturated heterocycles. The SMILES string of the molecule is Cc1c(C)c(C)c(-c2c3ccccc3c(-c3ccccc3)c3ccccc23)c(C)c1C.Cc1c(C)c(C)c(-c2c3ccccc3cc3ccccc23)c(C)c1C.Cc1ccc(-c2c3ccccc3c(-c3ccccc3)c3ccccc23)c2ccccc12.Cc1ccc(-c2c3ccccc3cc3ccccc23)c2ccccc12. The van der Waals surface area contributed by atoms with Crippen LogP contribution in [0, 0.1) is 83.1 Å². The van der Waals surface area contributed by atoms with Gasteiger partial charge in [-0.25, -0.2) is 0 Å². The van der Waals surface area contributed by atoms with E-state index < -0.39 is 0 Å². The highest BCUT2D eigenvalue weighted by Crippen LogP contribution is 2.50. The van der Waals surface area contributed by atoms with Crippen LogP contribution >= 0.6 is 0 Å². The number of hydrogen-bond donors (Lipinski definition) is 0. The Kier molecular flexibility index (Phi) is 19.3. The van der Waals surface area contributed by atoms with Crippen molar-refractivity contribution in [1.82, 2.24) is 0 Å². The minimum Gasteiger partial charge on any atom is -0.0622 e. The molecule has 0 saturated carbocycles. The van der Waals surface area contributed by atoms with E-state index >= 15 is 0 Å². The van der Waals surface area contributed by atoms with Crippen molar-refractivity contribution in [2.45, 2.75) is 83.1 Å². The predicted molar refractivity (Wildman–Crippen MR) is 490 cm³/mol. The molecule has 0 fully saturated rings. The molecule has 540 valence electrons. The van der Waals surface area contributed by atoms with E-state index in [1.165, 1.54) is 241 Å². The monoisotopic (exact) mass is 1440 g/mol. The summed E-state index contributed by atoms with van der Waals surface area (Å²) in [6.07, 6.45) is 0. The standard InChI is InChI=1S/C31H22.C31H28.C25H18.C25H24/c1-21-19-20-29(24-14-6-5-13-23(21)24)31-27-17-9-7-15-25(27)30(22-11-3-2-4-12-22)26-16-8-10-18-28(26)31;1-19-20(2)22(4)29(23(5)21(19)3)31-27-17-11-9-15-25(27)30(24-13-7-6-8-14-24)26-16-10-12-18-28(26)31;1-17-14-15-24(23-13-7-6-10-20(17)23)25-21-11-4-2-8-18(21)16-19-9-3-5-12-22(19)25;1-15-16(2)18(4)24(19(5)17(15)3)25-22-12-8-6-10-20(22)14-21-11-7-9-13-23(21)25/h2-20H,1H3;6-18H,1-5H3;2-16H,1H3;6-14H,1-5H3. The molecule has 20 rings (SSSR count). The summed E-state index contributed by atoms with van der Waals surface area (Å²) >= 11 is 0. The Bertz CT molecular complexity index is 6830. The molecule has 0 amide bonds. The number of rotatable bonds is 6. The maximum atomic E-state index is 2.31. The molecule has 0 heterocycles. The molecule has 0 heteroatoms. The van der Waals surface area contributed by atoms with Crippen LogP contribution in [0.25, 0.3) is 174 Å². The first kappa shape index (κ1) is 71.9. The Hall–Kier alpha value is -13.0. The summed E-state index contributed by atoms with van der Waals surface area (Å²) in [7, 11) is 0. The fourth-order valence-electron chi connectivity index (χ4n) is 18.3. The summed E-state index contributed by atoms with van der Waals surface area (Å²) < 4.78 is 0. The molecule has 0 spiro atoms. The van der Waals surface area contributed by atoms with Crippen molar-refractivity contribution in [2.75, 3.05) is 0 Å². The molecule has 0 aliphatic heterocycles. The second-order valence-electron chi connectivity index (χ2n) is 30.8. The van der Waals surface area contributed by atoms with Gasteiger partial charge in [-0.1, -0.05) is 328 Å². The van der Waals surface area contributed by atoms with Gasteiger partial charge in [0.15, 0.2) is 0 Å². The lowest BCUT2D eigenvalue weighted by atomic mass is 9.80. The van der Waals surface area contributed by atoms with Gasteiger partial charge in [0, 0.05) is 0 Å². The third-order valence-corrected chi connectivity index (χ3v) is 24.9. The van der Waals surface area contributed by atoms with Gasteiger partial charge >= 0.3 is 0 Å². The lowest BCUT2D eigenvalue weighted by Gasteiger charge is -2.23. The maximum absolute atomic E-state index is 2.31. The summed E-state index contributed by atoms with van der Waals surface area (Å²) in [5, 5.41) is 26.3. The fourth-order valence-corrected chi connectivity index (χ4v) is 18.3. The molecule has 0 aromatic heterocycles. The Labute approximate surface area is 659 Å². The van der Waals surface area contributed by atoms with Crippen molar-refractivity contribution < 1.29 is 0 Å². The zero-order valence-corrected chi connectivity index (χ0v) is 66.3. The highest BCUT2D eigenvalue weighted by Gasteiger charge is 2.24. The van der Waals surface area contributed by atoms with Crippen molar-refractivity contribution in [2.24, 2.45) is 0 Å². The van der Waals surface area contributed by atoms with E-state index in [-0.39, 0.29) is 0 Å². The van der Waals surface area contributed by atoms with E-state index in [0.29, 0.717) is 0 Å². The van der Waals surface area contributed by atoms with Gasteiger partial charge in [-0.3, -0.25) is 0 Å². The Morgan fingerprint density at radius 3 is 0.616 bits per heavy atom. The van der Waals surface area contributed by atoms with E-state index in [0.717, 1.165) is 0 Å².